The molecule has 0 spiro atoms. The van der Waals surface area contributed by atoms with E-state index in [1.54, 1.807) is 38.1 Å². The maximum absolute atomic E-state index is 12.6. The molecule has 0 fully saturated rings. The first-order valence-corrected chi connectivity index (χ1v) is 8.86. The molecule has 2 aromatic rings. The number of carbonyl (C=O) groups is 2. The number of hydrogen-bond acceptors (Lipinski definition) is 5. The summed E-state index contributed by atoms with van der Waals surface area (Å²) in [4.78, 5) is 35.5. The van der Waals surface area contributed by atoms with Crippen molar-refractivity contribution in [3.8, 4) is 0 Å². The van der Waals surface area contributed by atoms with Crippen LogP contribution in [0.2, 0.25) is 5.02 Å². The number of aliphatic hydroxyl groups excluding tert-OH is 1. The van der Waals surface area contributed by atoms with Gasteiger partial charge in [-0.05, 0) is 35.7 Å². The Hall–Kier alpha value is -2.97. The fourth-order valence-corrected chi connectivity index (χ4v) is 2.71. The van der Waals surface area contributed by atoms with Gasteiger partial charge in [-0.3, -0.25) is 19.7 Å². The smallest absolute Gasteiger partial charge is 0.288 e. The van der Waals surface area contributed by atoms with Gasteiger partial charge in [0.05, 0.1) is 11.5 Å². The van der Waals surface area contributed by atoms with E-state index in [1.807, 2.05) is 0 Å². The van der Waals surface area contributed by atoms with Crippen molar-refractivity contribution in [2.24, 2.45) is 5.92 Å². The predicted molar refractivity (Wildman–Crippen MR) is 105 cm³/mol. The zero-order valence-electron chi connectivity index (χ0n) is 15.3. The van der Waals surface area contributed by atoms with Crippen LogP contribution >= 0.6 is 11.6 Å². The van der Waals surface area contributed by atoms with Crippen molar-refractivity contribution in [3.05, 3.63) is 68.7 Å². The summed E-state index contributed by atoms with van der Waals surface area (Å²) >= 11 is 5.76. The van der Waals surface area contributed by atoms with Crippen LogP contribution in [0.5, 0.6) is 0 Å². The molecule has 0 saturated carbocycles. The fourth-order valence-electron chi connectivity index (χ4n) is 2.52. The molecule has 0 heterocycles. The number of aliphatic hydroxyl groups is 1. The van der Waals surface area contributed by atoms with E-state index in [9.17, 15) is 24.8 Å². The van der Waals surface area contributed by atoms with Gasteiger partial charge in [0.25, 0.3) is 11.6 Å². The van der Waals surface area contributed by atoms with Crippen LogP contribution in [0, 0.1) is 16.0 Å². The molecule has 2 aromatic carbocycles. The number of carbonyl (C=O) groups excluding carboxylic acids is 2. The van der Waals surface area contributed by atoms with E-state index in [2.05, 4.69) is 10.6 Å². The van der Waals surface area contributed by atoms with E-state index in [-0.39, 0.29) is 28.8 Å². The molecule has 3 N–H and O–H groups in total. The zero-order chi connectivity index (χ0) is 20.8. The second kappa shape index (κ2) is 9.29. The number of nitro groups is 1. The molecule has 8 nitrogen and oxygen atoms in total. The van der Waals surface area contributed by atoms with Gasteiger partial charge < -0.3 is 15.7 Å². The highest BCUT2D eigenvalue weighted by molar-refractivity contribution is 6.32. The summed E-state index contributed by atoms with van der Waals surface area (Å²) < 4.78 is 0. The molecule has 2 rings (SSSR count). The number of nitro benzene ring substituents is 1. The minimum Gasteiger partial charge on any atom is -0.392 e. The molecule has 0 aliphatic heterocycles. The van der Waals surface area contributed by atoms with Gasteiger partial charge in [-0.2, -0.15) is 0 Å². The Morgan fingerprint density at radius 2 is 1.93 bits per heavy atom. The highest BCUT2D eigenvalue weighted by atomic mass is 35.5. The highest BCUT2D eigenvalue weighted by Crippen LogP contribution is 2.25. The minimum atomic E-state index is -0.875. The summed E-state index contributed by atoms with van der Waals surface area (Å²) in [6.45, 7) is 3.36. The van der Waals surface area contributed by atoms with E-state index in [1.165, 1.54) is 12.1 Å². The lowest BCUT2D eigenvalue weighted by molar-refractivity contribution is -0.384. The number of rotatable bonds is 7. The lowest BCUT2D eigenvalue weighted by Crippen LogP contribution is -2.47. The normalized spacial score (nSPS) is 11.8. The van der Waals surface area contributed by atoms with Crippen molar-refractivity contribution in [1.82, 2.24) is 5.32 Å². The Labute approximate surface area is 166 Å². The van der Waals surface area contributed by atoms with Crippen LogP contribution in [-0.2, 0) is 11.4 Å². The molecule has 0 unspecified atom stereocenters. The van der Waals surface area contributed by atoms with Crippen molar-refractivity contribution in [3.63, 3.8) is 0 Å². The van der Waals surface area contributed by atoms with Gasteiger partial charge in [0, 0.05) is 17.3 Å². The fraction of sp³-hybridized carbons (Fsp3) is 0.263. The summed E-state index contributed by atoms with van der Waals surface area (Å²) in [6, 6.07) is 9.50. The number of nitrogens with one attached hydrogen (secondary N) is 2. The topological polar surface area (TPSA) is 122 Å². The molecule has 9 heteroatoms. The first kappa shape index (κ1) is 21.3. The summed E-state index contributed by atoms with van der Waals surface area (Å²) in [6.07, 6.45) is 0. The van der Waals surface area contributed by atoms with Gasteiger partial charge in [0.2, 0.25) is 5.91 Å². The summed E-state index contributed by atoms with van der Waals surface area (Å²) in [5.74, 6) is -1.31. The lowest BCUT2D eigenvalue weighted by Gasteiger charge is -2.22. The number of hydrogen-bond donors (Lipinski definition) is 3. The van der Waals surface area contributed by atoms with Crippen LogP contribution < -0.4 is 10.6 Å². The molecule has 1 atom stereocenters. The van der Waals surface area contributed by atoms with Gasteiger partial charge in [0.1, 0.15) is 11.1 Å². The average Bonchev–Trinajstić information content (AvgIpc) is 2.65. The first-order valence-electron chi connectivity index (χ1n) is 8.48. The summed E-state index contributed by atoms with van der Waals surface area (Å²) in [5, 5.41) is 25.4. The van der Waals surface area contributed by atoms with Crippen molar-refractivity contribution >= 4 is 34.8 Å². The summed E-state index contributed by atoms with van der Waals surface area (Å²) in [7, 11) is 0. The van der Waals surface area contributed by atoms with Crippen LogP contribution in [-0.4, -0.2) is 27.9 Å². The Morgan fingerprint density at radius 3 is 2.54 bits per heavy atom. The predicted octanol–water partition coefficient (Wildman–Crippen LogP) is 3.13. The third-order valence-electron chi connectivity index (χ3n) is 4.02. The Bertz CT molecular complexity index is 901. The zero-order valence-corrected chi connectivity index (χ0v) is 16.1. The van der Waals surface area contributed by atoms with E-state index >= 15 is 0 Å². The average molecular weight is 406 g/mol. The molecule has 0 aliphatic carbocycles. The highest BCUT2D eigenvalue weighted by Gasteiger charge is 2.26. The van der Waals surface area contributed by atoms with Crippen molar-refractivity contribution < 1.29 is 19.6 Å². The Morgan fingerprint density at radius 1 is 1.21 bits per heavy atom. The van der Waals surface area contributed by atoms with Crippen molar-refractivity contribution in [2.75, 3.05) is 5.32 Å². The number of halogens is 1. The van der Waals surface area contributed by atoms with Crippen LogP contribution in [0.15, 0.2) is 42.5 Å². The largest absolute Gasteiger partial charge is 0.392 e. The molecule has 28 heavy (non-hydrogen) atoms. The number of benzene rings is 2. The maximum Gasteiger partial charge on any atom is 0.288 e. The van der Waals surface area contributed by atoms with Crippen molar-refractivity contribution in [2.45, 2.75) is 26.5 Å². The van der Waals surface area contributed by atoms with Gasteiger partial charge in [0.15, 0.2) is 0 Å². The molecule has 0 saturated heterocycles. The molecular weight excluding hydrogens is 386 g/mol. The summed E-state index contributed by atoms with van der Waals surface area (Å²) in [5.41, 5.74) is 0.757. The van der Waals surface area contributed by atoms with Crippen LogP contribution in [0.3, 0.4) is 0 Å². The SMILES string of the molecule is CC(C)[C@H](NC(=O)c1ccc(Cl)c([N+](=O)[O-])c1)C(=O)Nc1cccc(CO)c1. The van der Waals surface area contributed by atoms with E-state index in [0.717, 1.165) is 6.07 Å². The standard InChI is InChI=1S/C19H20ClN3O5/c1-11(2)17(19(26)21-14-5-3-4-12(8-14)10-24)22-18(25)13-6-7-15(20)16(9-13)23(27)28/h3-9,11,17,24H,10H2,1-2H3,(H,21,26)(H,22,25)/t17-/m0/s1. The first-order chi connectivity index (χ1) is 13.2. The third-order valence-corrected chi connectivity index (χ3v) is 4.34. The van der Waals surface area contributed by atoms with Gasteiger partial charge in [-0.25, -0.2) is 0 Å². The molecule has 0 aromatic heterocycles. The number of anilines is 1. The molecule has 0 aliphatic rings. The van der Waals surface area contributed by atoms with Crippen molar-refractivity contribution in [1.29, 1.82) is 0 Å². The van der Waals surface area contributed by atoms with Crippen LogP contribution in [0.25, 0.3) is 0 Å². The van der Waals surface area contributed by atoms with Gasteiger partial charge in [-0.1, -0.05) is 37.6 Å². The van der Waals surface area contributed by atoms with Gasteiger partial charge >= 0.3 is 0 Å². The number of nitrogens with zero attached hydrogens (tertiary/aromatic N) is 1. The quantitative estimate of drug-likeness (QED) is 0.482. The molecular formula is C19H20ClN3O5. The van der Waals surface area contributed by atoms with Crippen LogP contribution in [0.1, 0.15) is 29.8 Å². The molecule has 0 radical (unpaired) electrons. The van der Waals surface area contributed by atoms with Gasteiger partial charge in [-0.15, -0.1) is 0 Å². The minimum absolute atomic E-state index is 0.0248. The van der Waals surface area contributed by atoms with E-state index < -0.39 is 22.8 Å². The monoisotopic (exact) mass is 405 g/mol. The lowest BCUT2D eigenvalue weighted by atomic mass is 10.0. The molecule has 148 valence electrons. The van der Waals surface area contributed by atoms with E-state index in [4.69, 9.17) is 11.6 Å². The second-order valence-corrected chi connectivity index (χ2v) is 6.87. The Balaban J connectivity index is 2.17. The van der Waals surface area contributed by atoms with E-state index in [0.29, 0.717) is 11.3 Å². The number of amides is 2. The van der Waals surface area contributed by atoms with Crippen LogP contribution in [0.4, 0.5) is 11.4 Å². The Kier molecular flexibility index (Phi) is 7.08. The molecule has 0 bridgehead atoms. The maximum atomic E-state index is 12.6. The third kappa shape index (κ3) is 5.28. The molecule has 2 amide bonds. The second-order valence-electron chi connectivity index (χ2n) is 6.47.